The molecule has 2 aromatic heterocycles. The second-order valence-corrected chi connectivity index (χ2v) is 8.47. The Morgan fingerprint density at radius 2 is 2.00 bits per heavy atom. The predicted molar refractivity (Wildman–Crippen MR) is 123 cm³/mol. The summed E-state index contributed by atoms with van der Waals surface area (Å²) in [6.07, 6.45) is 0. The Labute approximate surface area is 184 Å². The Kier molecular flexibility index (Phi) is 5.36. The molecule has 0 aliphatic carbocycles. The zero-order valence-corrected chi connectivity index (χ0v) is 17.9. The molecule has 4 aromatic rings. The highest BCUT2D eigenvalue weighted by Crippen LogP contribution is 2.36. The Morgan fingerprint density at radius 3 is 2.81 bits per heavy atom. The number of H-pyrrole nitrogens is 1. The van der Waals surface area contributed by atoms with Crippen LogP contribution in [-0.2, 0) is 6.54 Å². The number of halogens is 1. The number of aromatic amines is 1. The molecule has 1 unspecified atom stereocenters. The van der Waals surface area contributed by atoms with E-state index in [1.807, 2.05) is 48.5 Å². The molecule has 0 spiro atoms. The van der Waals surface area contributed by atoms with E-state index in [2.05, 4.69) is 27.3 Å². The third-order valence-electron chi connectivity index (χ3n) is 5.68. The van der Waals surface area contributed by atoms with Crippen LogP contribution in [0.3, 0.4) is 0 Å². The lowest BCUT2D eigenvalue weighted by molar-refractivity contribution is 0.195. The smallest absolute Gasteiger partial charge is 0.260 e. The van der Waals surface area contributed by atoms with Crippen LogP contribution in [0, 0.1) is 0 Å². The summed E-state index contributed by atoms with van der Waals surface area (Å²) < 4.78 is 5.70. The van der Waals surface area contributed by atoms with Crippen LogP contribution in [0.1, 0.15) is 12.6 Å². The quantitative estimate of drug-likeness (QED) is 0.501. The highest BCUT2D eigenvalue weighted by Gasteiger charge is 2.22. The van der Waals surface area contributed by atoms with Gasteiger partial charge in [-0.2, -0.15) is 0 Å². The summed E-state index contributed by atoms with van der Waals surface area (Å²) in [6, 6.07) is 17.6. The third-order valence-corrected chi connectivity index (χ3v) is 5.92. The van der Waals surface area contributed by atoms with Crippen LogP contribution in [0.15, 0.2) is 63.9 Å². The first-order valence-electron chi connectivity index (χ1n) is 10.4. The van der Waals surface area contributed by atoms with Crippen molar-refractivity contribution in [2.45, 2.75) is 19.5 Å². The molecule has 0 radical (unpaired) electrons. The maximum Gasteiger partial charge on any atom is 0.260 e. The minimum absolute atomic E-state index is 0.216. The molecule has 3 heterocycles. The van der Waals surface area contributed by atoms with Gasteiger partial charge in [0.15, 0.2) is 5.76 Å². The highest BCUT2D eigenvalue weighted by molar-refractivity contribution is 6.31. The summed E-state index contributed by atoms with van der Waals surface area (Å²) in [4.78, 5) is 18.5. The van der Waals surface area contributed by atoms with E-state index < -0.39 is 0 Å². The molecule has 5 rings (SSSR count). The molecule has 1 saturated heterocycles. The summed E-state index contributed by atoms with van der Waals surface area (Å²) in [7, 11) is 0. The average Bonchev–Trinajstić information content (AvgIpc) is 3.21. The van der Waals surface area contributed by atoms with Crippen molar-refractivity contribution >= 4 is 22.5 Å². The van der Waals surface area contributed by atoms with Crippen LogP contribution < -0.4 is 10.9 Å². The van der Waals surface area contributed by atoms with Crippen molar-refractivity contribution < 1.29 is 4.52 Å². The molecule has 2 aromatic carbocycles. The summed E-state index contributed by atoms with van der Waals surface area (Å²) >= 11 is 6.30. The molecule has 0 saturated carbocycles. The zero-order chi connectivity index (χ0) is 21.4. The van der Waals surface area contributed by atoms with E-state index in [1.54, 1.807) is 6.07 Å². The van der Waals surface area contributed by atoms with Gasteiger partial charge in [-0.05, 0) is 30.7 Å². The lowest BCUT2D eigenvalue weighted by Crippen LogP contribution is -2.48. The lowest BCUT2D eigenvalue weighted by atomic mass is 9.95. The number of fused-ring (bicyclic) bond motifs is 1. The minimum Gasteiger partial charge on any atom is -0.356 e. The number of nitrogens with one attached hydrogen (secondary N) is 2. The van der Waals surface area contributed by atoms with Gasteiger partial charge in [0.05, 0.1) is 11.3 Å². The summed E-state index contributed by atoms with van der Waals surface area (Å²) in [5.41, 5.74) is 3.51. The molecule has 1 fully saturated rings. The molecule has 0 amide bonds. The van der Waals surface area contributed by atoms with Crippen molar-refractivity contribution in [3.8, 4) is 22.5 Å². The van der Waals surface area contributed by atoms with E-state index in [4.69, 9.17) is 16.1 Å². The second-order valence-electron chi connectivity index (χ2n) is 8.03. The Hall–Kier alpha value is -2.93. The number of benzene rings is 2. The molecule has 0 bridgehead atoms. The fourth-order valence-electron chi connectivity index (χ4n) is 4.29. The normalized spacial score (nSPS) is 17.3. The van der Waals surface area contributed by atoms with Gasteiger partial charge in [0.2, 0.25) is 0 Å². The predicted octanol–water partition coefficient (Wildman–Crippen LogP) is 4.30. The molecule has 2 N–H and O–H groups in total. The van der Waals surface area contributed by atoms with Crippen molar-refractivity contribution in [3.63, 3.8) is 0 Å². The van der Waals surface area contributed by atoms with Gasteiger partial charge < -0.3 is 14.8 Å². The van der Waals surface area contributed by atoms with E-state index in [0.29, 0.717) is 28.9 Å². The summed E-state index contributed by atoms with van der Waals surface area (Å²) in [6.45, 7) is 5.72. The van der Waals surface area contributed by atoms with Gasteiger partial charge in [0.25, 0.3) is 5.56 Å². The molecule has 31 heavy (non-hydrogen) atoms. The minimum atomic E-state index is -0.216. The van der Waals surface area contributed by atoms with Crippen molar-refractivity contribution in [2.75, 3.05) is 19.6 Å². The fraction of sp³-hybridized carbons (Fsp3) is 0.250. The van der Waals surface area contributed by atoms with Gasteiger partial charge in [-0.25, -0.2) is 0 Å². The van der Waals surface area contributed by atoms with Gasteiger partial charge in [-0.3, -0.25) is 9.69 Å². The maximum absolute atomic E-state index is 13.2. The molecule has 1 atom stereocenters. The average molecular weight is 435 g/mol. The summed E-state index contributed by atoms with van der Waals surface area (Å²) in [5, 5.41) is 9.18. The largest absolute Gasteiger partial charge is 0.356 e. The number of nitrogens with zero attached hydrogens (tertiary/aromatic N) is 2. The zero-order valence-electron chi connectivity index (χ0n) is 17.2. The van der Waals surface area contributed by atoms with E-state index in [-0.39, 0.29) is 5.56 Å². The molecule has 1 aliphatic heterocycles. The molecule has 1 aliphatic rings. The first-order valence-corrected chi connectivity index (χ1v) is 10.8. The molecular weight excluding hydrogens is 412 g/mol. The van der Waals surface area contributed by atoms with E-state index in [0.717, 1.165) is 47.4 Å². The van der Waals surface area contributed by atoms with Crippen LogP contribution in [0.5, 0.6) is 0 Å². The van der Waals surface area contributed by atoms with Gasteiger partial charge in [-0.15, -0.1) is 0 Å². The Bertz CT molecular complexity index is 1280. The van der Waals surface area contributed by atoms with Crippen LogP contribution in [0.25, 0.3) is 33.4 Å². The highest BCUT2D eigenvalue weighted by atomic mass is 35.5. The number of aromatic nitrogens is 2. The SMILES string of the molecule is CC1CN(Cc2cc(-c3c(-c4ccccc4)c4cc(Cl)ccc4[nH]c3=O)on2)CCN1. The first-order chi connectivity index (χ1) is 15.1. The van der Waals surface area contributed by atoms with Crippen LogP contribution >= 0.6 is 11.6 Å². The van der Waals surface area contributed by atoms with E-state index in [1.165, 1.54) is 0 Å². The monoisotopic (exact) mass is 434 g/mol. The van der Waals surface area contributed by atoms with Crippen molar-refractivity contribution in [2.24, 2.45) is 0 Å². The van der Waals surface area contributed by atoms with Gasteiger partial charge in [-0.1, -0.05) is 47.1 Å². The molecule has 158 valence electrons. The number of hydrogen-bond acceptors (Lipinski definition) is 5. The second kappa shape index (κ2) is 8.30. The topological polar surface area (TPSA) is 74.2 Å². The first kappa shape index (κ1) is 20.0. The lowest BCUT2D eigenvalue weighted by Gasteiger charge is -2.30. The Balaban J connectivity index is 1.63. The van der Waals surface area contributed by atoms with Crippen LogP contribution in [-0.4, -0.2) is 40.7 Å². The third kappa shape index (κ3) is 4.02. The number of piperazine rings is 1. The number of rotatable bonds is 4. The van der Waals surface area contributed by atoms with Gasteiger partial charge in [0, 0.05) is 59.8 Å². The molecule has 6 nitrogen and oxygen atoms in total. The molecular formula is C24H23ClN4O2. The van der Waals surface area contributed by atoms with Crippen molar-refractivity contribution in [1.82, 2.24) is 20.4 Å². The van der Waals surface area contributed by atoms with Crippen LogP contribution in [0.2, 0.25) is 5.02 Å². The maximum atomic E-state index is 13.2. The Morgan fingerprint density at radius 1 is 1.16 bits per heavy atom. The standard InChI is InChI=1S/C24H23ClN4O2/c1-15-13-29(10-9-26-15)14-18-12-21(31-28-18)23-22(16-5-3-2-4-6-16)19-11-17(25)7-8-20(19)27-24(23)30/h2-8,11-12,15,26H,9-10,13-14H2,1H3,(H,27,30). The van der Waals surface area contributed by atoms with Crippen LogP contribution in [0.4, 0.5) is 0 Å². The molecule has 7 heteroatoms. The van der Waals surface area contributed by atoms with Gasteiger partial charge in [0.1, 0.15) is 0 Å². The van der Waals surface area contributed by atoms with Gasteiger partial charge >= 0.3 is 0 Å². The van der Waals surface area contributed by atoms with E-state index >= 15 is 0 Å². The number of hydrogen-bond donors (Lipinski definition) is 2. The van der Waals surface area contributed by atoms with E-state index in [9.17, 15) is 4.79 Å². The summed E-state index contributed by atoms with van der Waals surface area (Å²) in [5.74, 6) is 0.458. The fourth-order valence-corrected chi connectivity index (χ4v) is 4.47. The van der Waals surface area contributed by atoms with Crippen molar-refractivity contribution in [1.29, 1.82) is 0 Å². The van der Waals surface area contributed by atoms with Crippen molar-refractivity contribution in [3.05, 3.63) is 75.7 Å². The number of pyridine rings is 1.